The highest BCUT2D eigenvalue weighted by molar-refractivity contribution is 7.99. The van der Waals surface area contributed by atoms with Crippen molar-refractivity contribution >= 4 is 34.2 Å². The number of fused-ring (bicyclic) bond motifs is 1. The maximum absolute atomic E-state index is 12.9. The van der Waals surface area contributed by atoms with E-state index >= 15 is 0 Å². The van der Waals surface area contributed by atoms with Crippen LogP contribution in [0.4, 0.5) is 0 Å². The summed E-state index contributed by atoms with van der Waals surface area (Å²) in [5.41, 5.74) is 2.79. The van der Waals surface area contributed by atoms with E-state index in [9.17, 15) is 9.59 Å². The van der Waals surface area contributed by atoms with Crippen LogP contribution in [0.15, 0.2) is 71.9 Å². The van der Waals surface area contributed by atoms with Gasteiger partial charge in [0.05, 0.1) is 5.75 Å². The van der Waals surface area contributed by atoms with Crippen molar-refractivity contribution in [2.75, 3.05) is 12.3 Å². The number of nitrogens with zero attached hydrogens (tertiary/aromatic N) is 3. The molecule has 3 aromatic carbocycles. The molecule has 33 heavy (non-hydrogen) atoms. The van der Waals surface area contributed by atoms with Gasteiger partial charge in [-0.15, -0.1) is 10.2 Å². The second-order valence-electron chi connectivity index (χ2n) is 7.93. The summed E-state index contributed by atoms with van der Waals surface area (Å²) in [4.78, 5) is 24.1. The predicted octanol–water partition coefficient (Wildman–Crippen LogP) is 4.77. The zero-order valence-corrected chi connectivity index (χ0v) is 19.6. The number of benzene rings is 3. The average Bonchev–Trinajstić information content (AvgIpc) is 3.22. The first-order valence-corrected chi connectivity index (χ1v) is 11.9. The van der Waals surface area contributed by atoms with Crippen molar-refractivity contribution in [3.8, 4) is 5.69 Å². The normalized spacial score (nSPS) is 11.0. The molecule has 1 aromatic heterocycles. The van der Waals surface area contributed by atoms with Gasteiger partial charge in [-0.05, 0) is 47.9 Å². The van der Waals surface area contributed by atoms with Crippen LogP contribution in [-0.4, -0.2) is 38.8 Å². The molecule has 1 heterocycles. The van der Waals surface area contributed by atoms with Crippen LogP contribution in [-0.2, 0) is 11.2 Å². The SMILES string of the molecule is CC(=O)NCCCc1nnc(SCC(=O)c2ccc3ccccc3c2)n1-c1cccc(C)c1. The number of aryl methyl sites for hydroxylation is 2. The van der Waals surface area contributed by atoms with Gasteiger partial charge in [-0.1, -0.05) is 60.3 Å². The summed E-state index contributed by atoms with van der Waals surface area (Å²) < 4.78 is 2.01. The molecule has 0 aliphatic rings. The molecule has 1 amide bonds. The van der Waals surface area contributed by atoms with Gasteiger partial charge in [-0.3, -0.25) is 14.2 Å². The number of amides is 1. The smallest absolute Gasteiger partial charge is 0.216 e. The number of hydrogen-bond donors (Lipinski definition) is 1. The van der Waals surface area contributed by atoms with Gasteiger partial charge in [0, 0.05) is 31.1 Å². The first kappa shape index (κ1) is 22.7. The maximum atomic E-state index is 12.9. The van der Waals surface area contributed by atoms with Crippen molar-refractivity contribution in [2.24, 2.45) is 0 Å². The molecular weight excluding hydrogens is 432 g/mol. The lowest BCUT2D eigenvalue weighted by Gasteiger charge is -2.11. The number of aromatic nitrogens is 3. The lowest BCUT2D eigenvalue weighted by Crippen LogP contribution is -2.21. The number of ketones is 1. The van der Waals surface area contributed by atoms with Gasteiger partial charge in [0.2, 0.25) is 5.91 Å². The van der Waals surface area contributed by atoms with Crippen LogP contribution in [0.2, 0.25) is 0 Å². The Morgan fingerprint density at radius 2 is 1.79 bits per heavy atom. The van der Waals surface area contributed by atoms with Crippen LogP contribution in [0.5, 0.6) is 0 Å². The van der Waals surface area contributed by atoms with Crippen molar-refractivity contribution in [3.63, 3.8) is 0 Å². The molecule has 0 aliphatic carbocycles. The summed E-state index contributed by atoms with van der Waals surface area (Å²) in [6, 6.07) is 22.0. The Hall–Kier alpha value is -3.45. The van der Waals surface area contributed by atoms with Gasteiger partial charge >= 0.3 is 0 Å². The van der Waals surface area contributed by atoms with Crippen molar-refractivity contribution in [1.29, 1.82) is 0 Å². The third-order valence-corrected chi connectivity index (χ3v) is 6.24. The van der Waals surface area contributed by atoms with Crippen molar-refractivity contribution in [1.82, 2.24) is 20.1 Å². The second-order valence-corrected chi connectivity index (χ2v) is 8.88. The van der Waals surface area contributed by atoms with Gasteiger partial charge in [0.25, 0.3) is 0 Å². The Labute approximate surface area is 197 Å². The van der Waals surface area contributed by atoms with E-state index in [-0.39, 0.29) is 17.4 Å². The Balaban J connectivity index is 1.53. The number of hydrogen-bond acceptors (Lipinski definition) is 5. The summed E-state index contributed by atoms with van der Waals surface area (Å²) in [6.45, 7) is 4.13. The molecule has 0 spiro atoms. The number of thioether (sulfide) groups is 1. The third kappa shape index (κ3) is 5.68. The van der Waals surface area contributed by atoms with E-state index in [1.165, 1.54) is 18.7 Å². The van der Waals surface area contributed by atoms with E-state index in [2.05, 4.69) is 21.6 Å². The molecule has 0 aliphatic heterocycles. The van der Waals surface area contributed by atoms with E-state index in [4.69, 9.17) is 0 Å². The molecule has 0 radical (unpaired) electrons. The van der Waals surface area contributed by atoms with Crippen molar-refractivity contribution in [2.45, 2.75) is 31.8 Å². The Bertz CT molecular complexity index is 1300. The van der Waals surface area contributed by atoms with Crippen LogP contribution < -0.4 is 5.32 Å². The van der Waals surface area contributed by atoms with Gasteiger partial charge in [0.15, 0.2) is 10.9 Å². The Morgan fingerprint density at radius 1 is 0.970 bits per heavy atom. The first-order valence-electron chi connectivity index (χ1n) is 10.9. The second kappa shape index (κ2) is 10.4. The van der Waals surface area contributed by atoms with Gasteiger partial charge in [-0.25, -0.2) is 0 Å². The number of carbonyl (C=O) groups is 2. The molecule has 6 nitrogen and oxygen atoms in total. The minimum atomic E-state index is -0.0430. The van der Waals surface area contributed by atoms with E-state index < -0.39 is 0 Å². The molecule has 1 N–H and O–H groups in total. The molecule has 0 fully saturated rings. The van der Waals surface area contributed by atoms with Crippen LogP contribution in [0.25, 0.3) is 16.5 Å². The molecule has 0 bridgehead atoms. The molecule has 4 rings (SSSR count). The van der Waals surface area contributed by atoms with Crippen molar-refractivity contribution < 1.29 is 9.59 Å². The van der Waals surface area contributed by atoms with Crippen molar-refractivity contribution in [3.05, 3.63) is 83.7 Å². The van der Waals surface area contributed by atoms with Gasteiger partial charge < -0.3 is 5.32 Å². The lowest BCUT2D eigenvalue weighted by atomic mass is 10.1. The Morgan fingerprint density at radius 3 is 2.58 bits per heavy atom. The summed E-state index contributed by atoms with van der Waals surface area (Å²) in [5.74, 6) is 1.09. The standard InChI is InChI=1S/C26H26N4O2S/c1-18-7-5-10-23(15-18)30-25(11-6-14-27-19(2)31)28-29-26(30)33-17-24(32)22-13-12-20-8-3-4-9-21(20)16-22/h3-5,7-10,12-13,15-16H,6,11,14,17H2,1-2H3,(H,27,31). The third-order valence-electron chi connectivity index (χ3n) is 5.32. The van der Waals surface area contributed by atoms with E-state index in [0.29, 0.717) is 23.7 Å². The summed E-state index contributed by atoms with van der Waals surface area (Å²) in [6.07, 6.45) is 1.42. The monoisotopic (exact) mass is 458 g/mol. The highest BCUT2D eigenvalue weighted by Crippen LogP contribution is 2.25. The number of Topliss-reactive ketones (excluding diaryl/α,β-unsaturated/α-hetero) is 1. The molecular formula is C26H26N4O2S. The minimum Gasteiger partial charge on any atom is -0.356 e. The lowest BCUT2D eigenvalue weighted by molar-refractivity contribution is -0.118. The average molecular weight is 459 g/mol. The van der Waals surface area contributed by atoms with Crippen LogP contribution in [0.1, 0.15) is 35.1 Å². The predicted molar refractivity (Wildman–Crippen MR) is 132 cm³/mol. The maximum Gasteiger partial charge on any atom is 0.216 e. The zero-order valence-electron chi connectivity index (χ0n) is 18.7. The molecule has 0 saturated heterocycles. The minimum absolute atomic E-state index is 0.0430. The fraction of sp³-hybridized carbons (Fsp3) is 0.231. The number of nitrogens with one attached hydrogen (secondary N) is 1. The molecule has 7 heteroatoms. The zero-order chi connectivity index (χ0) is 23.2. The molecule has 4 aromatic rings. The van der Waals surface area contributed by atoms with E-state index in [1.54, 1.807) is 0 Å². The number of rotatable bonds is 9. The first-order chi connectivity index (χ1) is 16.0. The van der Waals surface area contributed by atoms with Gasteiger partial charge in [0.1, 0.15) is 5.82 Å². The number of carbonyl (C=O) groups excluding carboxylic acids is 2. The molecule has 0 saturated carbocycles. The van der Waals surface area contributed by atoms with E-state index in [0.717, 1.165) is 34.3 Å². The molecule has 168 valence electrons. The van der Waals surface area contributed by atoms with Crippen LogP contribution in [0, 0.1) is 6.92 Å². The summed E-state index contributed by atoms with van der Waals surface area (Å²) >= 11 is 1.39. The highest BCUT2D eigenvalue weighted by Gasteiger charge is 2.17. The molecule has 0 unspecified atom stereocenters. The Kier molecular flexibility index (Phi) is 7.19. The van der Waals surface area contributed by atoms with Crippen LogP contribution >= 0.6 is 11.8 Å². The molecule has 0 atom stereocenters. The fourth-order valence-electron chi connectivity index (χ4n) is 3.67. The topological polar surface area (TPSA) is 76.9 Å². The van der Waals surface area contributed by atoms with E-state index in [1.807, 2.05) is 72.2 Å². The largest absolute Gasteiger partial charge is 0.356 e. The van der Waals surface area contributed by atoms with Gasteiger partial charge in [-0.2, -0.15) is 0 Å². The fourth-order valence-corrected chi connectivity index (χ4v) is 4.53. The quantitative estimate of drug-likeness (QED) is 0.222. The van der Waals surface area contributed by atoms with Crippen LogP contribution in [0.3, 0.4) is 0 Å². The summed E-state index contributed by atoms with van der Waals surface area (Å²) in [5, 5.41) is 14.5. The highest BCUT2D eigenvalue weighted by atomic mass is 32.2. The summed E-state index contributed by atoms with van der Waals surface area (Å²) in [7, 11) is 0.